The highest BCUT2D eigenvalue weighted by Gasteiger charge is 2.19. The van der Waals surface area contributed by atoms with E-state index in [0.29, 0.717) is 24.4 Å². The molecule has 1 heterocycles. The number of aliphatic imine (C=N–C) groups is 1. The van der Waals surface area contributed by atoms with Gasteiger partial charge in [0.25, 0.3) is 0 Å². The van der Waals surface area contributed by atoms with Crippen molar-refractivity contribution < 1.29 is 4.79 Å². The van der Waals surface area contributed by atoms with E-state index in [-0.39, 0.29) is 0 Å². The molecule has 15 heavy (non-hydrogen) atoms. The summed E-state index contributed by atoms with van der Waals surface area (Å²) in [4.78, 5) is 14.8. The predicted octanol–water partition coefficient (Wildman–Crippen LogP) is 0.514. The number of thioether (sulfide) groups is 1. The van der Waals surface area contributed by atoms with Crippen LogP contribution in [0, 0.1) is 0 Å². The van der Waals surface area contributed by atoms with Gasteiger partial charge < -0.3 is 16.4 Å². The van der Waals surface area contributed by atoms with Crippen molar-refractivity contribution in [1.82, 2.24) is 10.6 Å². The van der Waals surface area contributed by atoms with Gasteiger partial charge in [0.2, 0.25) is 0 Å². The number of primary amides is 1. The summed E-state index contributed by atoms with van der Waals surface area (Å²) < 4.78 is 0. The van der Waals surface area contributed by atoms with Crippen molar-refractivity contribution in [3.63, 3.8) is 0 Å². The Labute approximate surface area is 94.3 Å². The van der Waals surface area contributed by atoms with Gasteiger partial charge in [0, 0.05) is 17.8 Å². The molecule has 4 N–H and O–H groups in total. The van der Waals surface area contributed by atoms with Crippen LogP contribution in [-0.4, -0.2) is 35.6 Å². The monoisotopic (exact) mass is 230 g/mol. The van der Waals surface area contributed by atoms with Gasteiger partial charge in [-0.1, -0.05) is 18.7 Å². The second-order valence-corrected chi connectivity index (χ2v) is 5.11. The maximum atomic E-state index is 10.4. The van der Waals surface area contributed by atoms with Crippen LogP contribution in [0.4, 0.5) is 4.79 Å². The summed E-state index contributed by atoms with van der Waals surface area (Å²) in [7, 11) is 0. The maximum absolute atomic E-state index is 10.4. The normalized spacial score (nSPS) is 28.5. The predicted molar refractivity (Wildman–Crippen MR) is 64.2 cm³/mol. The van der Waals surface area contributed by atoms with Crippen molar-refractivity contribution in [2.24, 2.45) is 10.7 Å². The number of nitrogens with zero attached hydrogens (tertiary/aromatic N) is 1. The minimum absolute atomic E-state index is 0.476. The average Bonchev–Trinajstić information content (AvgIpc) is 2.10. The quantitative estimate of drug-likeness (QED) is 0.618. The van der Waals surface area contributed by atoms with E-state index in [0.717, 1.165) is 11.6 Å². The molecule has 1 fully saturated rings. The molecule has 0 aliphatic carbocycles. The fraction of sp³-hybridized carbons (Fsp3) is 0.778. The number of hydrogen-bond acceptors (Lipinski definition) is 3. The highest BCUT2D eigenvalue weighted by molar-refractivity contribution is 8.14. The van der Waals surface area contributed by atoms with E-state index in [1.165, 1.54) is 0 Å². The van der Waals surface area contributed by atoms with E-state index in [2.05, 4.69) is 29.5 Å². The first-order valence-electron chi connectivity index (χ1n) is 5.09. The third-order valence-electron chi connectivity index (χ3n) is 2.03. The molecule has 0 bridgehead atoms. The standard InChI is InChI=1S/C9H18N4OS/c1-6-5-7(2)15-9(13-6)12-4-3-11-8(10)14/h6-7H,3-5H2,1-2H3,(H,12,13)(H3,10,11,14). The summed E-state index contributed by atoms with van der Waals surface area (Å²) in [6.07, 6.45) is 1.16. The zero-order chi connectivity index (χ0) is 11.3. The molecule has 1 aliphatic heterocycles. The van der Waals surface area contributed by atoms with Crippen LogP contribution in [0.25, 0.3) is 0 Å². The molecule has 0 radical (unpaired) electrons. The number of carbonyl (C=O) groups is 1. The molecule has 0 saturated carbocycles. The maximum Gasteiger partial charge on any atom is 0.312 e. The molecular formula is C9H18N4OS. The highest BCUT2D eigenvalue weighted by atomic mass is 32.2. The van der Waals surface area contributed by atoms with Gasteiger partial charge in [0.1, 0.15) is 0 Å². The third kappa shape index (κ3) is 4.92. The van der Waals surface area contributed by atoms with Gasteiger partial charge in [-0.15, -0.1) is 0 Å². The first-order chi connectivity index (χ1) is 7.08. The van der Waals surface area contributed by atoms with Crippen molar-refractivity contribution in [3.8, 4) is 0 Å². The first-order valence-corrected chi connectivity index (χ1v) is 5.97. The lowest BCUT2D eigenvalue weighted by Gasteiger charge is -2.26. The molecule has 2 atom stereocenters. The van der Waals surface area contributed by atoms with Crippen molar-refractivity contribution in [2.75, 3.05) is 13.1 Å². The van der Waals surface area contributed by atoms with Crippen LogP contribution in [0.2, 0.25) is 0 Å². The topological polar surface area (TPSA) is 79.5 Å². The molecule has 0 aromatic carbocycles. The zero-order valence-electron chi connectivity index (χ0n) is 9.12. The van der Waals surface area contributed by atoms with Gasteiger partial charge in [-0.05, 0) is 13.3 Å². The molecule has 86 valence electrons. The molecule has 0 aromatic heterocycles. The van der Waals surface area contributed by atoms with Crippen LogP contribution in [0.3, 0.4) is 0 Å². The van der Waals surface area contributed by atoms with Crippen LogP contribution >= 0.6 is 11.8 Å². The van der Waals surface area contributed by atoms with Gasteiger partial charge >= 0.3 is 6.03 Å². The van der Waals surface area contributed by atoms with E-state index < -0.39 is 6.03 Å². The molecule has 6 heteroatoms. The molecule has 5 nitrogen and oxygen atoms in total. The summed E-state index contributed by atoms with van der Waals surface area (Å²) in [6.45, 7) is 5.40. The summed E-state index contributed by atoms with van der Waals surface area (Å²) in [5, 5.41) is 7.37. The van der Waals surface area contributed by atoms with Crippen LogP contribution in [-0.2, 0) is 0 Å². The van der Waals surface area contributed by atoms with Gasteiger partial charge in [-0.3, -0.25) is 4.99 Å². The Morgan fingerprint density at radius 2 is 2.47 bits per heavy atom. The molecule has 1 saturated heterocycles. The number of amidine groups is 1. The fourth-order valence-corrected chi connectivity index (χ4v) is 2.66. The number of nitrogens with one attached hydrogen (secondary N) is 2. The Balaban J connectivity index is 2.29. The SMILES string of the molecule is CC1CC(C)SC(=NCCNC(N)=O)N1. The number of amides is 2. The van der Waals surface area contributed by atoms with Crippen LogP contribution in [0.1, 0.15) is 20.3 Å². The number of carbonyl (C=O) groups excluding carboxylic acids is 1. The lowest BCUT2D eigenvalue weighted by Crippen LogP contribution is -2.39. The van der Waals surface area contributed by atoms with Crippen molar-refractivity contribution in [3.05, 3.63) is 0 Å². The average molecular weight is 230 g/mol. The van der Waals surface area contributed by atoms with E-state index in [9.17, 15) is 4.79 Å². The molecule has 2 amide bonds. The third-order valence-corrected chi connectivity index (χ3v) is 3.10. The van der Waals surface area contributed by atoms with Gasteiger partial charge in [0.05, 0.1) is 6.54 Å². The minimum Gasteiger partial charge on any atom is -0.362 e. The molecule has 0 aromatic rings. The smallest absolute Gasteiger partial charge is 0.312 e. The van der Waals surface area contributed by atoms with Crippen molar-refractivity contribution in [1.29, 1.82) is 0 Å². The number of hydrogen-bond donors (Lipinski definition) is 3. The Morgan fingerprint density at radius 3 is 3.07 bits per heavy atom. The summed E-state index contributed by atoms with van der Waals surface area (Å²) >= 11 is 1.74. The second-order valence-electron chi connectivity index (χ2n) is 3.69. The summed E-state index contributed by atoms with van der Waals surface area (Å²) in [6, 6.07) is -0.0229. The lowest BCUT2D eigenvalue weighted by molar-refractivity contribution is 0.249. The Morgan fingerprint density at radius 1 is 1.73 bits per heavy atom. The first kappa shape index (κ1) is 12.2. The second kappa shape index (κ2) is 5.85. The summed E-state index contributed by atoms with van der Waals surface area (Å²) in [5.74, 6) is 0. The van der Waals surface area contributed by atoms with Crippen LogP contribution in [0.15, 0.2) is 4.99 Å². The zero-order valence-corrected chi connectivity index (χ0v) is 9.93. The number of urea groups is 1. The van der Waals surface area contributed by atoms with Gasteiger partial charge in [0.15, 0.2) is 5.17 Å². The van der Waals surface area contributed by atoms with E-state index >= 15 is 0 Å². The number of nitrogens with two attached hydrogens (primary N) is 1. The molecule has 1 rings (SSSR count). The van der Waals surface area contributed by atoms with E-state index in [1.807, 2.05) is 0 Å². The van der Waals surface area contributed by atoms with Crippen LogP contribution in [0.5, 0.6) is 0 Å². The Bertz CT molecular complexity index is 244. The van der Waals surface area contributed by atoms with Crippen molar-refractivity contribution >= 4 is 23.0 Å². The fourth-order valence-electron chi connectivity index (χ4n) is 1.46. The summed E-state index contributed by atoms with van der Waals surface area (Å²) in [5.41, 5.74) is 4.94. The molecule has 1 aliphatic rings. The molecule has 0 spiro atoms. The van der Waals surface area contributed by atoms with Crippen LogP contribution < -0.4 is 16.4 Å². The largest absolute Gasteiger partial charge is 0.362 e. The molecule has 2 unspecified atom stereocenters. The highest BCUT2D eigenvalue weighted by Crippen LogP contribution is 2.21. The van der Waals surface area contributed by atoms with E-state index in [4.69, 9.17) is 5.73 Å². The van der Waals surface area contributed by atoms with Gasteiger partial charge in [-0.25, -0.2) is 4.79 Å². The number of rotatable bonds is 3. The Hall–Kier alpha value is -0.910. The lowest BCUT2D eigenvalue weighted by atomic mass is 10.2. The van der Waals surface area contributed by atoms with Crippen molar-refractivity contribution in [2.45, 2.75) is 31.6 Å². The minimum atomic E-state index is -0.499. The molecular weight excluding hydrogens is 212 g/mol. The van der Waals surface area contributed by atoms with Gasteiger partial charge in [-0.2, -0.15) is 0 Å². The Kier molecular flexibility index (Phi) is 4.74. The van der Waals surface area contributed by atoms with E-state index in [1.54, 1.807) is 11.8 Å².